The van der Waals surface area contributed by atoms with Gasteiger partial charge >= 0.3 is 0 Å². The number of hydrogen-bond acceptors (Lipinski definition) is 3. The number of anilines is 2. The molecule has 0 aliphatic heterocycles. The molecule has 2 N–H and O–H groups in total. The van der Waals surface area contributed by atoms with Crippen LogP contribution in [0.15, 0.2) is 42.6 Å². The van der Waals surface area contributed by atoms with Crippen LogP contribution < -0.4 is 10.6 Å². The normalized spacial score (nSPS) is 13.8. The highest BCUT2D eigenvalue weighted by Crippen LogP contribution is 2.24. The standard InChI is InChI=1S/C15H14FN3O/c16-13-4-2-1-3-12(13)15(20)19-14-8-7-11(9-17-14)18-10-5-6-10/h1-4,7-10,18H,5-6H2,(H,17,19,20). The monoisotopic (exact) mass is 271 g/mol. The third-order valence-corrected chi connectivity index (χ3v) is 3.07. The molecule has 1 saturated carbocycles. The number of nitrogens with one attached hydrogen (secondary N) is 2. The third kappa shape index (κ3) is 2.93. The summed E-state index contributed by atoms with van der Waals surface area (Å²) in [7, 11) is 0. The first-order chi connectivity index (χ1) is 9.72. The van der Waals surface area contributed by atoms with Crippen molar-refractivity contribution in [2.75, 3.05) is 10.6 Å². The molecule has 4 nitrogen and oxygen atoms in total. The Morgan fingerprint density at radius 2 is 2.00 bits per heavy atom. The van der Waals surface area contributed by atoms with Gasteiger partial charge in [0, 0.05) is 6.04 Å². The molecule has 1 amide bonds. The number of rotatable bonds is 4. The molecule has 1 aliphatic rings. The Morgan fingerprint density at radius 3 is 2.65 bits per heavy atom. The highest BCUT2D eigenvalue weighted by atomic mass is 19.1. The van der Waals surface area contributed by atoms with Gasteiger partial charge in [0.2, 0.25) is 0 Å². The van der Waals surface area contributed by atoms with Crippen molar-refractivity contribution in [1.82, 2.24) is 4.98 Å². The predicted molar refractivity (Wildman–Crippen MR) is 75.2 cm³/mol. The van der Waals surface area contributed by atoms with Crippen LogP contribution in [0.3, 0.4) is 0 Å². The summed E-state index contributed by atoms with van der Waals surface area (Å²) in [4.78, 5) is 16.0. The summed E-state index contributed by atoms with van der Waals surface area (Å²) in [6.07, 6.45) is 4.03. The number of nitrogens with zero attached hydrogens (tertiary/aromatic N) is 1. The summed E-state index contributed by atoms with van der Waals surface area (Å²) in [6, 6.07) is 9.96. The largest absolute Gasteiger partial charge is 0.381 e. The zero-order valence-corrected chi connectivity index (χ0v) is 10.8. The van der Waals surface area contributed by atoms with Gasteiger partial charge < -0.3 is 10.6 Å². The van der Waals surface area contributed by atoms with Crippen molar-refractivity contribution >= 4 is 17.4 Å². The average molecular weight is 271 g/mol. The van der Waals surface area contributed by atoms with Crippen molar-refractivity contribution < 1.29 is 9.18 Å². The molecule has 102 valence electrons. The molecule has 0 bridgehead atoms. The predicted octanol–water partition coefficient (Wildman–Crippen LogP) is 3.05. The van der Waals surface area contributed by atoms with Crippen LogP contribution in [0.1, 0.15) is 23.2 Å². The van der Waals surface area contributed by atoms with Crippen LogP contribution in [0, 0.1) is 5.82 Å². The minimum Gasteiger partial charge on any atom is -0.381 e. The van der Waals surface area contributed by atoms with Crippen LogP contribution in [0.25, 0.3) is 0 Å². The summed E-state index contributed by atoms with van der Waals surface area (Å²) in [5.74, 6) is -0.643. The van der Waals surface area contributed by atoms with Crippen LogP contribution in [0.5, 0.6) is 0 Å². The van der Waals surface area contributed by atoms with E-state index in [0.29, 0.717) is 11.9 Å². The van der Waals surface area contributed by atoms with Gasteiger partial charge in [-0.3, -0.25) is 4.79 Å². The Morgan fingerprint density at radius 1 is 1.20 bits per heavy atom. The summed E-state index contributed by atoms with van der Waals surface area (Å²) in [5, 5.41) is 5.88. The van der Waals surface area contributed by atoms with Crippen LogP contribution in [0.4, 0.5) is 15.9 Å². The molecule has 2 aromatic rings. The third-order valence-electron chi connectivity index (χ3n) is 3.07. The molecule has 1 heterocycles. The van der Waals surface area contributed by atoms with E-state index in [1.54, 1.807) is 24.4 Å². The summed E-state index contributed by atoms with van der Waals surface area (Å²) in [6.45, 7) is 0. The van der Waals surface area contributed by atoms with E-state index in [4.69, 9.17) is 0 Å². The first-order valence-electron chi connectivity index (χ1n) is 6.51. The summed E-state index contributed by atoms with van der Waals surface area (Å²) in [5.41, 5.74) is 0.936. The number of halogens is 1. The minimum atomic E-state index is -0.544. The zero-order valence-electron chi connectivity index (χ0n) is 10.8. The molecule has 0 spiro atoms. The van der Waals surface area contributed by atoms with Gasteiger partial charge in [0.25, 0.3) is 5.91 Å². The van der Waals surface area contributed by atoms with Gasteiger partial charge in [0.1, 0.15) is 11.6 Å². The highest BCUT2D eigenvalue weighted by molar-refractivity contribution is 6.03. The molecule has 0 atom stereocenters. The second kappa shape index (κ2) is 5.28. The van der Waals surface area contributed by atoms with Crippen molar-refractivity contribution in [3.8, 4) is 0 Å². The number of hydrogen-bond donors (Lipinski definition) is 2. The van der Waals surface area contributed by atoms with E-state index in [1.165, 1.54) is 25.0 Å². The van der Waals surface area contributed by atoms with Gasteiger partial charge in [0.15, 0.2) is 0 Å². The first-order valence-corrected chi connectivity index (χ1v) is 6.51. The SMILES string of the molecule is O=C(Nc1ccc(NC2CC2)cn1)c1ccccc1F. The number of pyridine rings is 1. The van der Waals surface area contributed by atoms with Gasteiger partial charge in [-0.2, -0.15) is 0 Å². The Hall–Kier alpha value is -2.43. The second-order valence-electron chi connectivity index (χ2n) is 4.78. The van der Waals surface area contributed by atoms with E-state index in [2.05, 4.69) is 15.6 Å². The second-order valence-corrected chi connectivity index (χ2v) is 4.78. The lowest BCUT2D eigenvalue weighted by atomic mass is 10.2. The van der Waals surface area contributed by atoms with Crippen LogP contribution >= 0.6 is 0 Å². The number of benzene rings is 1. The van der Waals surface area contributed by atoms with E-state index in [9.17, 15) is 9.18 Å². The van der Waals surface area contributed by atoms with E-state index in [1.807, 2.05) is 6.07 Å². The average Bonchev–Trinajstić information content (AvgIpc) is 3.25. The molecule has 1 fully saturated rings. The maximum atomic E-state index is 13.5. The fourth-order valence-corrected chi connectivity index (χ4v) is 1.85. The topological polar surface area (TPSA) is 54.0 Å². The van der Waals surface area contributed by atoms with Crippen molar-refractivity contribution in [2.24, 2.45) is 0 Å². The van der Waals surface area contributed by atoms with Crippen molar-refractivity contribution in [3.63, 3.8) is 0 Å². The Kier molecular flexibility index (Phi) is 3.33. The molecule has 1 aromatic heterocycles. The molecule has 3 rings (SSSR count). The van der Waals surface area contributed by atoms with Gasteiger partial charge in [-0.15, -0.1) is 0 Å². The van der Waals surface area contributed by atoms with E-state index >= 15 is 0 Å². The maximum absolute atomic E-state index is 13.5. The molecule has 5 heteroatoms. The molecule has 20 heavy (non-hydrogen) atoms. The van der Waals surface area contributed by atoms with Crippen molar-refractivity contribution in [2.45, 2.75) is 18.9 Å². The fraction of sp³-hybridized carbons (Fsp3) is 0.200. The molecule has 1 aromatic carbocycles. The molecular formula is C15H14FN3O. The quantitative estimate of drug-likeness (QED) is 0.898. The minimum absolute atomic E-state index is 0.00878. The Bertz CT molecular complexity index is 623. The van der Waals surface area contributed by atoms with Crippen molar-refractivity contribution in [3.05, 3.63) is 54.0 Å². The maximum Gasteiger partial charge on any atom is 0.259 e. The fourth-order valence-electron chi connectivity index (χ4n) is 1.85. The van der Waals surface area contributed by atoms with Crippen molar-refractivity contribution in [1.29, 1.82) is 0 Å². The van der Waals surface area contributed by atoms with Gasteiger partial charge in [-0.25, -0.2) is 9.37 Å². The Labute approximate surface area is 116 Å². The van der Waals surface area contributed by atoms with Crippen LogP contribution in [-0.2, 0) is 0 Å². The summed E-state index contributed by atoms with van der Waals surface area (Å²) >= 11 is 0. The first kappa shape index (κ1) is 12.6. The lowest BCUT2D eigenvalue weighted by Gasteiger charge is -2.07. The molecule has 0 unspecified atom stereocenters. The zero-order chi connectivity index (χ0) is 13.9. The molecule has 0 saturated heterocycles. The molecule has 1 aliphatic carbocycles. The molecule has 0 radical (unpaired) electrons. The van der Waals surface area contributed by atoms with E-state index < -0.39 is 11.7 Å². The van der Waals surface area contributed by atoms with E-state index in [0.717, 1.165) is 5.69 Å². The van der Waals surface area contributed by atoms with Gasteiger partial charge in [-0.05, 0) is 37.1 Å². The lowest BCUT2D eigenvalue weighted by molar-refractivity contribution is 0.102. The van der Waals surface area contributed by atoms with Crippen LogP contribution in [0.2, 0.25) is 0 Å². The number of carbonyl (C=O) groups is 1. The van der Waals surface area contributed by atoms with Gasteiger partial charge in [0.05, 0.1) is 17.4 Å². The lowest BCUT2D eigenvalue weighted by Crippen LogP contribution is -2.14. The van der Waals surface area contributed by atoms with E-state index in [-0.39, 0.29) is 5.56 Å². The van der Waals surface area contributed by atoms with Gasteiger partial charge in [-0.1, -0.05) is 12.1 Å². The summed E-state index contributed by atoms with van der Waals surface area (Å²) < 4.78 is 13.5. The van der Waals surface area contributed by atoms with Crippen LogP contribution in [-0.4, -0.2) is 16.9 Å². The number of aromatic nitrogens is 1. The number of amides is 1. The highest BCUT2D eigenvalue weighted by Gasteiger charge is 2.20. The smallest absolute Gasteiger partial charge is 0.259 e. The Balaban J connectivity index is 1.67. The number of carbonyl (C=O) groups excluding carboxylic acids is 1. The molecular weight excluding hydrogens is 257 g/mol.